The van der Waals surface area contributed by atoms with Crippen molar-refractivity contribution in [1.29, 1.82) is 0 Å². The number of nitrogens with one attached hydrogen (secondary N) is 1. The van der Waals surface area contributed by atoms with Gasteiger partial charge in [-0.05, 0) is 56.2 Å². The molecule has 0 aliphatic rings. The van der Waals surface area contributed by atoms with Gasteiger partial charge in [0, 0.05) is 17.1 Å². The number of rotatable bonds is 10. The van der Waals surface area contributed by atoms with Gasteiger partial charge in [-0.2, -0.15) is 0 Å². The zero-order valence-electron chi connectivity index (χ0n) is 19.4. The molecule has 0 aromatic heterocycles. The molecule has 0 saturated carbocycles. The fourth-order valence-electron chi connectivity index (χ4n) is 3.38. The Bertz CT molecular complexity index is 1140. The number of sulfonamides is 1. The average molecular weight is 593 g/mol. The first-order valence-corrected chi connectivity index (χ1v) is 14.0. The second-order valence-electron chi connectivity index (χ2n) is 8.11. The number of hydrogen-bond acceptors (Lipinski definition) is 4. The lowest BCUT2D eigenvalue weighted by Gasteiger charge is -2.33. The van der Waals surface area contributed by atoms with Gasteiger partial charge in [0.15, 0.2) is 0 Å². The summed E-state index contributed by atoms with van der Waals surface area (Å²) < 4.78 is 26.9. The Morgan fingerprint density at radius 2 is 1.76 bits per heavy atom. The van der Waals surface area contributed by atoms with Gasteiger partial charge in [0.1, 0.15) is 12.6 Å². The van der Waals surface area contributed by atoms with Crippen LogP contribution in [0.1, 0.15) is 32.8 Å². The van der Waals surface area contributed by atoms with Crippen LogP contribution in [0.3, 0.4) is 0 Å². The van der Waals surface area contributed by atoms with Crippen LogP contribution in [0.15, 0.2) is 46.9 Å². The molecule has 2 rings (SSSR count). The van der Waals surface area contributed by atoms with Gasteiger partial charge in [-0.15, -0.1) is 0 Å². The Labute approximate surface area is 219 Å². The van der Waals surface area contributed by atoms with Gasteiger partial charge in [-0.1, -0.05) is 58.2 Å². The van der Waals surface area contributed by atoms with E-state index >= 15 is 0 Å². The van der Waals surface area contributed by atoms with Crippen molar-refractivity contribution >= 4 is 66.7 Å². The highest BCUT2D eigenvalue weighted by molar-refractivity contribution is 9.10. The molecule has 0 unspecified atom stereocenters. The molecule has 0 aliphatic carbocycles. The highest BCUT2D eigenvalue weighted by Crippen LogP contribution is 2.25. The minimum absolute atomic E-state index is 0.0514. The molecule has 2 aromatic rings. The molecule has 11 heteroatoms. The monoisotopic (exact) mass is 591 g/mol. The van der Waals surface area contributed by atoms with Crippen LogP contribution < -0.4 is 9.62 Å². The van der Waals surface area contributed by atoms with Crippen molar-refractivity contribution in [3.05, 3.63) is 62.5 Å². The smallest absolute Gasteiger partial charge is 0.244 e. The Hall–Kier alpha value is -1.81. The van der Waals surface area contributed by atoms with E-state index in [2.05, 4.69) is 21.2 Å². The summed E-state index contributed by atoms with van der Waals surface area (Å²) in [6.07, 6.45) is 1.37. The molecule has 7 nitrogen and oxygen atoms in total. The lowest BCUT2D eigenvalue weighted by atomic mass is 10.1. The number of nitrogens with zero attached hydrogens (tertiary/aromatic N) is 2. The summed E-state index contributed by atoms with van der Waals surface area (Å²) in [5.41, 5.74) is 0.992. The maximum atomic E-state index is 13.6. The molecule has 1 atom stereocenters. The summed E-state index contributed by atoms with van der Waals surface area (Å²) in [5, 5.41) is 3.52. The van der Waals surface area contributed by atoms with Crippen LogP contribution in [0.2, 0.25) is 10.0 Å². The number of carbonyl (C=O) groups is 2. The number of hydrogen-bond donors (Lipinski definition) is 1. The summed E-state index contributed by atoms with van der Waals surface area (Å²) in [6.45, 7) is 5.03. The van der Waals surface area contributed by atoms with E-state index in [0.717, 1.165) is 10.6 Å². The predicted octanol–water partition coefficient (Wildman–Crippen LogP) is 4.85. The summed E-state index contributed by atoms with van der Waals surface area (Å²) in [4.78, 5) is 27.9. The maximum absolute atomic E-state index is 13.6. The van der Waals surface area contributed by atoms with E-state index in [1.165, 1.54) is 4.90 Å². The Balaban J connectivity index is 2.46. The van der Waals surface area contributed by atoms with Crippen molar-refractivity contribution in [2.75, 3.05) is 17.1 Å². The van der Waals surface area contributed by atoms with E-state index in [1.807, 2.05) is 13.8 Å². The summed E-state index contributed by atoms with van der Waals surface area (Å²) in [7, 11) is -3.79. The van der Waals surface area contributed by atoms with Gasteiger partial charge in [0.25, 0.3) is 0 Å². The van der Waals surface area contributed by atoms with E-state index < -0.39 is 28.5 Å². The molecule has 34 heavy (non-hydrogen) atoms. The van der Waals surface area contributed by atoms with Gasteiger partial charge in [-0.3, -0.25) is 13.9 Å². The first-order valence-electron chi connectivity index (χ1n) is 10.6. The topological polar surface area (TPSA) is 86.8 Å². The van der Waals surface area contributed by atoms with E-state index in [1.54, 1.807) is 49.4 Å². The van der Waals surface area contributed by atoms with Crippen LogP contribution in [0.4, 0.5) is 5.69 Å². The van der Waals surface area contributed by atoms with Crippen LogP contribution >= 0.6 is 39.1 Å². The highest BCUT2D eigenvalue weighted by Gasteiger charge is 2.32. The molecule has 0 radical (unpaired) electrons. The summed E-state index contributed by atoms with van der Waals surface area (Å²) in [6, 6.07) is 10.7. The molecule has 2 aromatic carbocycles. The molecule has 0 spiro atoms. The summed E-state index contributed by atoms with van der Waals surface area (Å²) >= 11 is 15.5. The molecule has 0 heterocycles. The summed E-state index contributed by atoms with van der Waals surface area (Å²) in [5.74, 6) is -0.846. The third-order valence-corrected chi connectivity index (χ3v) is 7.30. The number of carbonyl (C=O) groups excluding carboxylic acids is 2. The second-order valence-corrected chi connectivity index (χ2v) is 11.7. The maximum Gasteiger partial charge on any atom is 0.244 e. The zero-order chi connectivity index (χ0) is 25.6. The number of anilines is 1. The molecular weight excluding hydrogens is 565 g/mol. The highest BCUT2D eigenvalue weighted by atomic mass is 79.9. The van der Waals surface area contributed by atoms with E-state index in [-0.39, 0.29) is 18.5 Å². The molecule has 1 N–H and O–H groups in total. The molecule has 0 bridgehead atoms. The molecule has 0 saturated heterocycles. The molecule has 186 valence electrons. The van der Waals surface area contributed by atoms with E-state index in [4.69, 9.17) is 23.2 Å². The quantitative estimate of drug-likeness (QED) is 0.427. The third-order valence-electron chi connectivity index (χ3n) is 4.93. The standard InChI is InChI=1S/C23H28BrCl2N3O4S/c1-5-21(23(31)27-15(2)3)28(13-16-9-10-19(25)20(26)11-16)22(30)14-29(34(4,32)33)18-8-6-7-17(24)12-18/h6-12,15,21H,5,13-14H2,1-4H3,(H,27,31)/t21-/m1/s1. The molecule has 2 amide bonds. The van der Waals surface area contributed by atoms with Crippen molar-refractivity contribution in [1.82, 2.24) is 10.2 Å². The van der Waals surface area contributed by atoms with Crippen molar-refractivity contribution in [2.24, 2.45) is 0 Å². The molecule has 0 aliphatic heterocycles. The fraction of sp³-hybridized carbons (Fsp3) is 0.391. The van der Waals surface area contributed by atoms with Gasteiger partial charge in [-0.25, -0.2) is 8.42 Å². The minimum atomic E-state index is -3.79. The normalized spacial score (nSPS) is 12.4. The van der Waals surface area contributed by atoms with Gasteiger partial charge < -0.3 is 10.2 Å². The zero-order valence-corrected chi connectivity index (χ0v) is 23.3. The second kappa shape index (κ2) is 12.2. The first kappa shape index (κ1) is 28.4. The minimum Gasteiger partial charge on any atom is -0.352 e. The van der Waals surface area contributed by atoms with Crippen molar-refractivity contribution in [3.63, 3.8) is 0 Å². The Kier molecular flexibility index (Phi) is 10.2. The Morgan fingerprint density at radius 1 is 1.09 bits per heavy atom. The largest absolute Gasteiger partial charge is 0.352 e. The lowest BCUT2D eigenvalue weighted by Crippen LogP contribution is -2.53. The van der Waals surface area contributed by atoms with E-state index in [0.29, 0.717) is 32.2 Å². The van der Waals surface area contributed by atoms with Gasteiger partial charge >= 0.3 is 0 Å². The van der Waals surface area contributed by atoms with Gasteiger partial charge in [0.2, 0.25) is 21.8 Å². The first-order chi connectivity index (χ1) is 15.8. The van der Waals surface area contributed by atoms with Crippen molar-refractivity contribution in [2.45, 2.75) is 45.8 Å². The number of halogens is 3. The Morgan fingerprint density at radius 3 is 2.29 bits per heavy atom. The number of amides is 2. The predicted molar refractivity (Wildman–Crippen MR) is 141 cm³/mol. The SMILES string of the molecule is CC[C@H](C(=O)NC(C)C)N(Cc1ccc(Cl)c(Cl)c1)C(=O)CN(c1cccc(Br)c1)S(C)(=O)=O. The molecular formula is C23H28BrCl2N3O4S. The van der Waals surface area contributed by atoms with Gasteiger partial charge in [0.05, 0.1) is 22.0 Å². The lowest BCUT2D eigenvalue weighted by molar-refractivity contribution is -0.140. The fourth-order valence-corrected chi connectivity index (χ4v) is 4.93. The van der Waals surface area contributed by atoms with Crippen LogP contribution in [-0.4, -0.2) is 50.0 Å². The van der Waals surface area contributed by atoms with Crippen molar-refractivity contribution in [3.8, 4) is 0 Å². The van der Waals surface area contributed by atoms with Crippen LogP contribution in [0.5, 0.6) is 0 Å². The van der Waals surface area contributed by atoms with Crippen LogP contribution in [0.25, 0.3) is 0 Å². The van der Waals surface area contributed by atoms with Crippen LogP contribution in [0, 0.1) is 0 Å². The number of benzene rings is 2. The van der Waals surface area contributed by atoms with E-state index in [9.17, 15) is 18.0 Å². The molecule has 0 fully saturated rings. The van der Waals surface area contributed by atoms with Crippen LogP contribution in [-0.2, 0) is 26.2 Å². The average Bonchev–Trinajstić information content (AvgIpc) is 2.72. The van der Waals surface area contributed by atoms with Crippen molar-refractivity contribution < 1.29 is 18.0 Å². The third kappa shape index (κ3) is 7.86.